The number of nitrogens with one attached hydrogen (secondary N) is 4. The number of carbonyl (C=O) groups is 4. The van der Waals surface area contributed by atoms with Gasteiger partial charge in [0.05, 0.1) is 37.9 Å². The fourth-order valence-corrected chi connectivity index (χ4v) is 5.67. The van der Waals surface area contributed by atoms with Crippen LogP contribution in [0.2, 0.25) is 0 Å². The molecule has 12 nitrogen and oxygen atoms in total. The zero-order chi connectivity index (χ0) is 30.5. The van der Waals surface area contributed by atoms with Crippen LogP contribution in [-0.2, 0) is 35.2 Å². The predicted octanol–water partition coefficient (Wildman–Crippen LogP) is 0.0901. The molecule has 0 saturated heterocycles. The van der Waals surface area contributed by atoms with E-state index in [0.717, 1.165) is 17.3 Å². The van der Waals surface area contributed by atoms with E-state index in [1.807, 2.05) is 37.3 Å². The number of ether oxygens (including phenoxy) is 1. The van der Waals surface area contributed by atoms with Crippen LogP contribution in [0.25, 0.3) is 0 Å². The fraction of sp³-hybridized carbons (Fsp3) is 0.586. The number of thioether (sulfide) groups is 1. The number of hydrogen-bond donors (Lipinski definition) is 6. The van der Waals surface area contributed by atoms with Crippen molar-refractivity contribution in [2.75, 3.05) is 19.8 Å². The molecule has 7 N–H and O–H groups in total. The SMILES string of the molecule is CCONCC(=O)NC1CC(N[C@@H](Cc2ccccc2)C(=O)OCC[C@H](N)C(=O)NC2C=CC(SC(C)=O)CC2O)C1. The van der Waals surface area contributed by atoms with Gasteiger partial charge < -0.3 is 36.4 Å². The maximum absolute atomic E-state index is 13.1. The summed E-state index contributed by atoms with van der Waals surface area (Å²) in [6, 6.07) is 7.49. The summed E-state index contributed by atoms with van der Waals surface area (Å²) < 4.78 is 5.52. The number of nitrogens with two attached hydrogens (primary N) is 1. The summed E-state index contributed by atoms with van der Waals surface area (Å²) in [6.45, 7) is 3.79. The van der Waals surface area contributed by atoms with Crippen LogP contribution in [0.5, 0.6) is 0 Å². The summed E-state index contributed by atoms with van der Waals surface area (Å²) in [5, 5.41) is 19.2. The van der Waals surface area contributed by atoms with Crippen LogP contribution in [0, 0.1) is 0 Å². The second kappa shape index (κ2) is 17.3. The van der Waals surface area contributed by atoms with Crippen molar-refractivity contribution in [3.63, 3.8) is 0 Å². The van der Waals surface area contributed by atoms with Crippen LogP contribution in [0.1, 0.15) is 45.1 Å². The first-order valence-corrected chi connectivity index (χ1v) is 15.2. The molecule has 0 aliphatic heterocycles. The smallest absolute Gasteiger partial charge is 0.323 e. The third kappa shape index (κ3) is 11.5. The van der Waals surface area contributed by atoms with Crippen molar-refractivity contribution in [3.05, 3.63) is 48.0 Å². The Hall–Kier alpha value is -2.81. The zero-order valence-corrected chi connectivity index (χ0v) is 24.9. The lowest BCUT2D eigenvalue weighted by atomic mass is 9.85. The van der Waals surface area contributed by atoms with Gasteiger partial charge in [-0.15, -0.1) is 0 Å². The van der Waals surface area contributed by atoms with Gasteiger partial charge in [-0.05, 0) is 38.2 Å². The highest BCUT2D eigenvalue weighted by atomic mass is 32.2. The van der Waals surface area contributed by atoms with Crippen molar-refractivity contribution < 1.29 is 33.9 Å². The molecule has 13 heteroatoms. The summed E-state index contributed by atoms with van der Waals surface area (Å²) in [5.41, 5.74) is 9.60. The maximum Gasteiger partial charge on any atom is 0.323 e. The van der Waals surface area contributed by atoms with Gasteiger partial charge in [-0.2, -0.15) is 5.48 Å². The molecule has 1 aromatic rings. The molecule has 232 valence electrons. The molecule has 1 saturated carbocycles. The van der Waals surface area contributed by atoms with Crippen molar-refractivity contribution in [3.8, 4) is 0 Å². The number of aliphatic hydroxyl groups excluding tert-OH is 1. The van der Waals surface area contributed by atoms with E-state index in [1.54, 1.807) is 12.2 Å². The van der Waals surface area contributed by atoms with Gasteiger partial charge >= 0.3 is 5.97 Å². The quantitative estimate of drug-likeness (QED) is 0.0650. The summed E-state index contributed by atoms with van der Waals surface area (Å²) in [7, 11) is 0. The highest BCUT2D eigenvalue weighted by molar-refractivity contribution is 8.14. The Morgan fingerprint density at radius 2 is 1.81 bits per heavy atom. The van der Waals surface area contributed by atoms with E-state index in [9.17, 15) is 24.3 Å². The van der Waals surface area contributed by atoms with Crippen LogP contribution < -0.4 is 27.2 Å². The number of rotatable bonds is 16. The first kappa shape index (κ1) is 33.7. The Kier molecular flexibility index (Phi) is 13.9. The van der Waals surface area contributed by atoms with E-state index in [4.69, 9.17) is 15.3 Å². The average Bonchev–Trinajstić information content (AvgIpc) is 2.93. The van der Waals surface area contributed by atoms with Crippen LogP contribution >= 0.6 is 11.8 Å². The second-order valence-electron chi connectivity index (χ2n) is 10.5. The van der Waals surface area contributed by atoms with E-state index in [1.165, 1.54) is 6.92 Å². The highest BCUT2D eigenvalue weighted by Crippen LogP contribution is 2.24. The summed E-state index contributed by atoms with van der Waals surface area (Å²) in [4.78, 5) is 53.9. The first-order valence-electron chi connectivity index (χ1n) is 14.3. The molecule has 0 bridgehead atoms. The molecule has 5 atom stereocenters. The third-order valence-corrected chi connectivity index (χ3v) is 8.03. The minimum atomic E-state index is -0.934. The third-order valence-electron chi connectivity index (χ3n) is 7.04. The minimum absolute atomic E-state index is 0.0136. The number of amides is 2. The molecular weight excluding hydrogens is 562 g/mol. The monoisotopic (exact) mass is 605 g/mol. The number of aliphatic hydroxyl groups is 1. The van der Waals surface area contributed by atoms with E-state index >= 15 is 0 Å². The van der Waals surface area contributed by atoms with Gasteiger partial charge in [-0.3, -0.25) is 19.2 Å². The van der Waals surface area contributed by atoms with Crippen molar-refractivity contribution in [2.45, 2.75) is 87.5 Å². The largest absolute Gasteiger partial charge is 0.464 e. The molecule has 0 heterocycles. The van der Waals surface area contributed by atoms with Gasteiger partial charge in [0.2, 0.25) is 11.8 Å². The normalized spacial score (nSPS) is 24.6. The summed E-state index contributed by atoms with van der Waals surface area (Å²) >= 11 is 1.14. The molecule has 0 spiro atoms. The molecule has 0 radical (unpaired) electrons. The number of hydroxylamine groups is 1. The standard InChI is InChI=1S/C29H43N5O7S/c1-3-41-31-17-27(37)33-21-14-20(15-21)32-25(13-19-7-5-4-6-8-19)29(39)40-12-11-23(30)28(38)34-24-10-9-22(16-26(24)36)42-18(2)35/h4-10,20-26,31-32,36H,3,11-17,30H2,1-2H3,(H,33,37)(H,34,38)/t20?,21?,22?,23-,24?,25-,26?/m0/s1. The average molecular weight is 606 g/mol. The minimum Gasteiger partial charge on any atom is -0.464 e. The van der Waals surface area contributed by atoms with Gasteiger partial charge in [0.1, 0.15) is 6.04 Å². The van der Waals surface area contributed by atoms with Gasteiger partial charge in [0.25, 0.3) is 0 Å². The molecule has 2 aliphatic rings. The van der Waals surface area contributed by atoms with Crippen molar-refractivity contribution in [1.82, 2.24) is 21.4 Å². The molecule has 1 fully saturated rings. The molecule has 3 rings (SSSR count). The maximum atomic E-state index is 13.1. The highest BCUT2D eigenvalue weighted by Gasteiger charge is 2.34. The molecule has 0 aromatic heterocycles. The van der Waals surface area contributed by atoms with E-state index < -0.39 is 36.1 Å². The number of hydrogen-bond acceptors (Lipinski definition) is 11. The summed E-state index contributed by atoms with van der Waals surface area (Å²) in [5.74, 6) is -1.06. The predicted molar refractivity (Wildman–Crippen MR) is 159 cm³/mol. The Morgan fingerprint density at radius 3 is 2.48 bits per heavy atom. The Balaban J connectivity index is 1.44. The molecular formula is C29H43N5O7S. The van der Waals surface area contributed by atoms with E-state index in [0.29, 0.717) is 32.3 Å². The molecule has 3 unspecified atom stereocenters. The van der Waals surface area contributed by atoms with E-state index in [2.05, 4.69) is 21.4 Å². The van der Waals surface area contributed by atoms with Crippen LogP contribution in [0.4, 0.5) is 0 Å². The Bertz CT molecular complexity index is 1070. The van der Waals surface area contributed by atoms with Crippen LogP contribution in [0.3, 0.4) is 0 Å². The second-order valence-corrected chi connectivity index (χ2v) is 11.9. The van der Waals surface area contributed by atoms with Gasteiger partial charge in [0, 0.05) is 30.7 Å². The molecule has 42 heavy (non-hydrogen) atoms. The Labute approximate surface area is 250 Å². The van der Waals surface area contributed by atoms with Crippen LogP contribution in [-0.4, -0.2) is 89.3 Å². The van der Waals surface area contributed by atoms with E-state index in [-0.39, 0.29) is 47.9 Å². The lowest BCUT2D eigenvalue weighted by Crippen LogP contribution is -2.57. The lowest BCUT2D eigenvalue weighted by Gasteiger charge is -2.38. The van der Waals surface area contributed by atoms with Crippen molar-refractivity contribution in [1.29, 1.82) is 0 Å². The van der Waals surface area contributed by atoms with Gasteiger partial charge in [0.15, 0.2) is 5.12 Å². The molecule has 2 aliphatic carbocycles. The van der Waals surface area contributed by atoms with Crippen molar-refractivity contribution >= 4 is 34.7 Å². The number of esters is 1. The zero-order valence-electron chi connectivity index (χ0n) is 24.1. The fourth-order valence-electron chi connectivity index (χ4n) is 4.78. The summed E-state index contributed by atoms with van der Waals surface area (Å²) in [6.07, 6.45) is 4.87. The first-order chi connectivity index (χ1) is 20.1. The number of carbonyl (C=O) groups excluding carboxylic acids is 4. The Morgan fingerprint density at radius 1 is 1.07 bits per heavy atom. The molecule has 1 aromatic carbocycles. The van der Waals surface area contributed by atoms with Gasteiger partial charge in [-0.25, -0.2) is 0 Å². The molecule has 2 amide bonds. The topological polar surface area (TPSA) is 181 Å². The number of benzene rings is 1. The van der Waals surface area contributed by atoms with Crippen LogP contribution in [0.15, 0.2) is 42.5 Å². The lowest BCUT2D eigenvalue weighted by molar-refractivity contribution is -0.147. The van der Waals surface area contributed by atoms with Gasteiger partial charge in [-0.1, -0.05) is 54.2 Å². The van der Waals surface area contributed by atoms with Crippen molar-refractivity contribution in [2.24, 2.45) is 5.73 Å².